The molecule has 1 amide bonds. The lowest BCUT2D eigenvalue weighted by atomic mass is 10.1. The van der Waals surface area contributed by atoms with Crippen LogP contribution in [-0.2, 0) is 11.3 Å². The SMILES string of the molecule is CC(N)CCC(=O)N(Cc1ccc(Cl)c(Cl)c1)C(C)C.Cl. The molecule has 0 bridgehead atoms. The average Bonchev–Trinajstić information content (AvgIpc) is 2.36. The van der Waals surface area contributed by atoms with Gasteiger partial charge in [-0.2, -0.15) is 0 Å². The van der Waals surface area contributed by atoms with Crippen molar-refractivity contribution >= 4 is 41.5 Å². The van der Waals surface area contributed by atoms with Crippen LogP contribution in [0.4, 0.5) is 0 Å². The molecule has 0 saturated carbocycles. The van der Waals surface area contributed by atoms with Gasteiger partial charge in [-0.1, -0.05) is 29.3 Å². The minimum atomic E-state index is 0. The smallest absolute Gasteiger partial charge is 0.223 e. The van der Waals surface area contributed by atoms with E-state index in [0.717, 1.165) is 5.56 Å². The number of carbonyl (C=O) groups is 1. The van der Waals surface area contributed by atoms with Crippen LogP contribution in [0.1, 0.15) is 39.2 Å². The Labute approximate surface area is 143 Å². The summed E-state index contributed by atoms with van der Waals surface area (Å²) in [4.78, 5) is 14.1. The first-order valence-electron chi connectivity index (χ1n) is 6.80. The van der Waals surface area contributed by atoms with E-state index in [1.807, 2.05) is 31.7 Å². The standard InChI is InChI=1S/C15H22Cl2N2O.ClH/c1-10(2)19(15(20)7-4-11(3)18)9-12-5-6-13(16)14(17)8-12;/h5-6,8,10-11H,4,7,9,18H2,1-3H3;1H. The van der Waals surface area contributed by atoms with Crippen molar-refractivity contribution in [2.24, 2.45) is 5.73 Å². The summed E-state index contributed by atoms with van der Waals surface area (Å²) in [6, 6.07) is 5.62. The second-order valence-corrected chi connectivity index (χ2v) is 6.19. The van der Waals surface area contributed by atoms with Crippen LogP contribution in [0.15, 0.2) is 18.2 Å². The van der Waals surface area contributed by atoms with Crippen molar-refractivity contribution in [1.82, 2.24) is 4.90 Å². The molecular formula is C15H23Cl3N2O. The van der Waals surface area contributed by atoms with Crippen LogP contribution in [0.3, 0.4) is 0 Å². The molecule has 1 aromatic rings. The first-order chi connectivity index (χ1) is 9.31. The number of carbonyl (C=O) groups excluding carboxylic acids is 1. The molecule has 1 rings (SSSR count). The molecule has 0 aromatic heterocycles. The first kappa shape index (κ1) is 20.5. The molecule has 2 N–H and O–H groups in total. The predicted molar refractivity (Wildman–Crippen MR) is 92.3 cm³/mol. The van der Waals surface area contributed by atoms with Gasteiger partial charge in [-0.15, -0.1) is 12.4 Å². The molecule has 6 heteroatoms. The maximum absolute atomic E-state index is 12.3. The Balaban J connectivity index is 0.00000400. The van der Waals surface area contributed by atoms with Crippen LogP contribution >= 0.6 is 35.6 Å². The number of rotatable bonds is 6. The van der Waals surface area contributed by atoms with Gasteiger partial charge in [0.25, 0.3) is 0 Å². The van der Waals surface area contributed by atoms with E-state index in [0.29, 0.717) is 29.4 Å². The summed E-state index contributed by atoms with van der Waals surface area (Å²) in [5.41, 5.74) is 6.68. The lowest BCUT2D eigenvalue weighted by molar-refractivity contribution is -0.133. The maximum atomic E-state index is 12.3. The minimum absolute atomic E-state index is 0. The predicted octanol–water partition coefficient (Wildman–Crippen LogP) is 4.28. The van der Waals surface area contributed by atoms with Gasteiger partial charge in [0.1, 0.15) is 0 Å². The number of halogens is 3. The van der Waals surface area contributed by atoms with E-state index < -0.39 is 0 Å². The molecular weight excluding hydrogens is 331 g/mol. The van der Waals surface area contributed by atoms with Gasteiger partial charge in [-0.05, 0) is 44.9 Å². The van der Waals surface area contributed by atoms with Crippen molar-refractivity contribution in [3.8, 4) is 0 Å². The molecule has 0 aliphatic rings. The van der Waals surface area contributed by atoms with Crippen LogP contribution in [0.2, 0.25) is 10.0 Å². The van der Waals surface area contributed by atoms with E-state index in [9.17, 15) is 4.79 Å². The fourth-order valence-electron chi connectivity index (χ4n) is 1.89. The van der Waals surface area contributed by atoms with Crippen LogP contribution in [0.5, 0.6) is 0 Å². The Morgan fingerprint density at radius 2 is 1.86 bits per heavy atom. The molecule has 120 valence electrons. The zero-order valence-electron chi connectivity index (χ0n) is 12.6. The second kappa shape index (κ2) is 9.52. The third kappa shape index (κ3) is 6.88. The highest BCUT2D eigenvalue weighted by molar-refractivity contribution is 6.42. The van der Waals surface area contributed by atoms with Gasteiger partial charge >= 0.3 is 0 Å². The maximum Gasteiger partial charge on any atom is 0.223 e. The van der Waals surface area contributed by atoms with Gasteiger partial charge in [-0.25, -0.2) is 0 Å². The molecule has 0 radical (unpaired) electrons. The molecule has 0 heterocycles. The third-order valence-electron chi connectivity index (χ3n) is 3.09. The summed E-state index contributed by atoms with van der Waals surface area (Å²) >= 11 is 11.9. The Bertz CT molecular complexity index is 464. The van der Waals surface area contributed by atoms with E-state index in [-0.39, 0.29) is 30.4 Å². The molecule has 0 aliphatic heterocycles. The summed E-state index contributed by atoms with van der Waals surface area (Å²) in [6.07, 6.45) is 1.17. The van der Waals surface area contributed by atoms with E-state index in [1.165, 1.54) is 0 Å². The number of amides is 1. The molecule has 1 unspecified atom stereocenters. The van der Waals surface area contributed by atoms with E-state index in [2.05, 4.69) is 0 Å². The van der Waals surface area contributed by atoms with Crippen molar-refractivity contribution in [2.75, 3.05) is 0 Å². The van der Waals surface area contributed by atoms with E-state index >= 15 is 0 Å². The number of hydrogen-bond donors (Lipinski definition) is 1. The monoisotopic (exact) mass is 352 g/mol. The van der Waals surface area contributed by atoms with Crippen LogP contribution in [0.25, 0.3) is 0 Å². The Morgan fingerprint density at radius 3 is 2.33 bits per heavy atom. The molecule has 0 fully saturated rings. The molecule has 0 aliphatic carbocycles. The van der Waals surface area contributed by atoms with Gasteiger partial charge in [0.15, 0.2) is 0 Å². The largest absolute Gasteiger partial charge is 0.336 e. The highest BCUT2D eigenvalue weighted by Gasteiger charge is 2.17. The topological polar surface area (TPSA) is 46.3 Å². The molecule has 3 nitrogen and oxygen atoms in total. The normalized spacial score (nSPS) is 12.0. The third-order valence-corrected chi connectivity index (χ3v) is 3.83. The summed E-state index contributed by atoms with van der Waals surface area (Å²) in [7, 11) is 0. The Hall–Kier alpha value is -0.480. The molecule has 1 aromatic carbocycles. The Morgan fingerprint density at radius 1 is 1.24 bits per heavy atom. The minimum Gasteiger partial charge on any atom is -0.336 e. The highest BCUT2D eigenvalue weighted by atomic mass is 35.5. The number of benzene rings is 1. The van der Waals surface area contributed by atoms with Crippen LogP contribution < -0.4 is 5.73 Å². The second-order valence-electron chi connectivity index (χ2n) is 5.38. The fourth-order valence-corrected chi connectivity index (χ4v) is 2.21. The molecule has 0 saturated heterocycles. The summed E-state index contributed by atoms with van der Waals surface area (Å²) in [5, 5.41) is 1.03. The summed E-state index contributed by atoms with van der Waals surface area (Å²) < 4.78 is 0. The average molecular weight is 354 g/mol. The lowest BCUT2D eigenvalue weighted by Gasteiger charge is -2.27. The fraction of sp³-hybridized carbons (Fsp3) is 0.533. The number of nitrogens with zero attached hydrogens (tertiary/aromatic N) is 1. The van der Waals surface area contributed by atoms with Gasteiger partial charge < -0.3 is 10.6 Å². The van der Waals surface area contributed by atoms with Crippen molar-refractivity contribution in [1.29, 1.82) is 0 Å². The Kier molecular flexibility index (Phi) is 9.30. The van der Waals surface area contributed by atoms with Gasteiger partial charge in [0.2, 0.25) is 5.91 Å². The van der Waals surface area contributed by atoms with Crippen molar-refractivity contribution in [2.45, 2.75) is 52.2 Å². The van der Waals surface area contributed by atoms with Gasteiger partial charge in [-0.3, -0.25) is 4.79 Å². The van der Waals surface area contributed by atoms with E-state index in [4.69, 9.17) is 28.9 Å². The van der Waals surface area contributed by atoms with Crippen LogP contribution in [0, 0.1) is 0 Å². The van der Waals surface area contributed by atoms with Crippen molar-refractivity contribution < 1.29 is 4.79 Å². The lowest BCUT2D eigenvalue weighted by Crippen LogP contribution is -2.37. The van der Waals surface area contributed by atoms with E-state index in [1.54, 1.807) is 12.1 Å². The first-order valence-corrected chi connectivity index (χ1v) is 7.55. The van der Waals surface area contributed by atoms with Gasteiger partial charge in [0.05, 0.1) is 10.0 Å². The highest BCUT2D eigenvalue weighted by Crippen LogP contribution is 2.23. The summed E-state index contributed by atoms with van der Waals surface area (Å²) in [5.74, 6) is 0.114. The van der Waals surface area contributed by atoms with Crippen LogP contribution in [-0.4, -0.2) is 22.9 Å². The zero-order valence-corrected chi connectivity index (χ0v) is 14.9. The zero-order chi connectivity index (χ0) is 15.3. The molecule has 0 spiro atoms. The van der Waals surface area contributed by atoms with Crippen molar-refractivity contribution in [3.05, 3.63) is 33.8 Å². The molecule has 21 heavy (non-hydrogen) atoms. The van der Waals surface area contributed by atoms with Crippen molar-refractivity contribution in [3.63, 3.8) is 0 Å². The summed E-state index contributed by atoms with van der Waals surface area (Å²) in [6.45, 7) is 6.45. The quantitative estimate of drug-likeness (QED) is 0.829. The molecule has 1 atom stereocenters. The number of nitrogens with two attached hydrogens (primary N) is 1. The number of hydrogen-bond acceptors (Lipinski definition) is 2. The van der Waals surface area contributed by atoms with Gasteiger partial charge in [0, 0.05) is 25.0 Å².